The monoisotopic (exact) mass is 768 g/mol. The summed E-state index contributed by atoms with van der Waals surface area (Å²) in [5.74, 6) is -0.0891. The molecule has 2 atom stereocenters. The molecule has 0 saturated carbocycles. The van der Waals surface area contributed by atoms with Gasteiger partial charge in [0, 0.05) is 6.42 Å². The van der Waals surface area contributed by atoms with Crippen LogP contribution in [0.4, 0.5) is 0 Å². The van der Waals surface area contributed by atoms with Crippen molar-refractivity contribution in [2.45, 2.75) is 167 Å². The second kappa shape index (κ2) is 45.7. The summed E-state index contributed by atoms with van der Waals surface area (Å²) in [6.45, 7) is 4.11. The molecule has 0 aliphatic rings. The molecule has 0 radical (unpaired) electrons. The Morgan fingerprint density at radius 3 is 1.12 bits per heavy atom. The fraction of sp³-hybridized carbons (Fsp3) is 0.519. The van der Waals surface area contributed by atoms with Crippen LogP contribution in [0.5, 0.6) is 0 Å². The normalized spacial score (nSPS) is 14.4. The van der Waals surface area contributed by atoms with Gasteiger partial charge in [-0.2, -0.15) is 0 Å². The molecule has 0 bridgehead atoms. The lowest BCUT2D eigenvalue weighted by Gasteiger charge is -2.22. The van der Waals surface area contributed by atoms with Crippen LogP contribution < -0.4 is 5.32 Å². The maximum atomic E-state index is 12.2. The van der Waals surface area contributed by atoms with Gasteiger partial charge in [-0.3, -0.25) is 4.79 Å². The highest BCUT2D eigenvalue weighted by Crippen LogP contribution is 2.10. The molecule has 0 heterocycles. The van der Waals surface area contributed by atoms with Crippen LogP contribution in [0.1, 0.15) is 155 Å². The third-order valence-electron chi connectivity index (χ3n) is 8.87. The van der Waals surface area contributed by atoms with Gasteiger partial charge in [-0.15, -0.1) is 0 Å². The van der Waals surface area contributed by atoms with Crippen molar-refractivity contribution in [3.05, 3.63) is 146 Å². The maximum Gasteiger partial charge on any atom is 0.220 e. The number of hydrogen-bond acceptors (Lipinski definition) is 3. The second-order valence-electron chi connectivity index (χ2n) is 14.0. The van der Waals surface area contributed by atoms with Gasteiger partial charge in [-0.05, 0) is 103 Å². The first-order valence-corrected chi connectivity index (χ1v) is 22.0. The minimum atomic E-state index is -0.684. The highest BCUT2D eigenvalue weighted by atomic mass is 16.3. The fourth-order valence-electron chi connectivity index (χ4n) is 5.51. The quantitative estimate of drug-likeness (QED) is 0.0435. The molecule has 312 valence electrons. The van der Waals surface area contributed by atoms with Gasteiger partial charge in [0.15, 0.2) is 0 Å². The van der Waals surface area contributed by atoms with Crippen LogP contribution in [-0.4, -0.2) is 34.9 Å². The summed E-state index contributed by atoms with van der Waals surface area (Å²) in [5.41, 5.74) is 0. The molecule has 4 nitrogen and oxygen atoms in total. The number of aliphatic hydroxyl groups excluding tert-OH is 2. The highest BCUT2D eigenvalue weighted by Gasteiger charge is 2.19. The predicted molar refractivity (Wildman–Crippen MR) is 248 cm³/mol. The fourth-order valence-corrected chi connectivity index (χ4v) is 5.51. The van der Waals surface area contributed by atoms with E-state index >= 15 is 0 Å². The molecule has 0 aliphatic carbocycles. The topological polar surface area (TPSA) is 69.6 Å². The van der Waals surface area contributed by atoms with Crippen LogP contribution in [0.2, 0.25) is 0 Å². The number of amides is 1. The van der Waals surface area contributed by atoms with E-state index in [0.717, 1.165) is 109 Å². The van der Waals surface area contributed by atoms with Gasteiger partial charge in [-0.1, -0.05) is 192 Å². The van der Waals surface area contributed by atoms with E-state index in [2.05, 4.69) is 165 Å². The minimum absolute atomic E-state index is 0.0891. The van der Waals surface area contributed by atoms with E-state index in [-0.39, 0.29) is 12.5 Å². The molecule has 1 amide bonds. The molecule has 0 saturated heterocycles. The Kier molecular flexibility index (Phi) is 42.6. The zero-order chi connectivity index (χ0) is 40.7. The minimum Gasteiger partial charge on any atom is -0.394 e. The van der Waals surface area contributed by atoms with Gasteiger partial charge in [0.2, 0.25) is 5.91 Å². The number of aliphatic hydroxyl groups is 2. The standard InChI is InChI=1S/C52H81NO3/c1-3-5-7-9-10-11-12-13-14-15-16-17-18-19-20-21-22-23-24-25-26-27-28-29-30-31-32-33-34-35-36-37-38-39-40-41-42-44-46-48-52(56)53-50(49-54)51(55)47-45-43-8-6-4-2/h5,7,10-11,13-14,16-17,19-20,22-23,25-26,28-29,31-32,34-35,37-38,40-41,50-51,54-55H,3-4,6,8-9,12,15,18,21,24,27,30,33,36,39,42-49H2,1-2H3,(H,53,56)/b7-5-,11-10-,14-13-,17-16-,20-19-,23-22-,26-25-,29-28-,32-31-,35-34-,38-37-,41-40-. The Labute approximate surface area is 344 Å². The van der Waals surface area contributed by atoms with Crippen LogP contribution in [0, 0.1) is 0 Å². The van der Waals surface area contributed by atoms with E-state index in [0.29, 0.717) is 12.8 Å². The molecule has 0 fully saturated rings. The third-order valence-corrected chi connectivity index (χ3v) is 8.87. The van der Waals surface area contributed by atoms with Crippen molar-refractivity contribution < 1.29 is 15.0 Å². The lowest BCUT2D eigenvalue weighted by molar-refractivity contribution is -0.123. The van der Waals surface area contributed by atoms with E-state index in [1.54, 1.807) is 0 Å². The molecule has 0 spiro atoms. The first-order chi connectivity index (χ1) is 27.7. The lowest BCUT2D eigenvalue weighted by Crippen LogP contribution is -2.45. The van der Waals surface area contributed by atoms with Crippen LogP contribution in [0.25, 0.3) is 0 Å². The van der Waals surface area contributed by atoms with Crippen molar-refractivity contribution >= 4 is 5.91 Å². The summed E-state index contributed by atoms with van der Waals surface area (Å²) in [5, 5.41) is 22.7. The van der Waals surface area contributed by atoms with E-state index in [9.17, 15) is 15.0 Å². The second-order valence-corrected chi connectivity index (χ2v) is 14.0. The first kappa shape index (κ1) is 52.3. The maximum absolute atomic E-state index is 12.2. The molecule has 0 aliphatic heterocycles. The molecule has 4 heteroatoms. The number of hydrogen-bond donors (Lipinski definition) is 3. The Morgan fingerprint density at radius 2 is 0.786 bits per heavy atom. The average Bonchev–Trinajstić information content (AvgIpc) is 3.20. The van der Waals surface area contributed by atoms with E-state index in [1.807, 2.05) is 0 Å². The Balaban J connectivity index is 3.72. The zero-order valence-electron chi connectivity index (χ0n) is 35.6. The Bertz CT molecular complexity index is 1240. The summed E-state index contributed by atoms with van der Waals surface area (Å²) in [4.78, 5) is 12.2. The molecule has 0 aromatic rings. The summed E-state index contributed by atoms with van der Waals surface area (Å²) in [6, 6.07) is -0.566. The highest BCUT2D eigenvalue weighted by molar-refractivity contribution is 5.76. The summed E-state index contributed by atoms with van der Waals surface area (Å²) >= 11 is 0. The smallest absolute Gasteiger partial charge is 0.220 e. The van der Waals surface area contributed by atoms with Crippen molar-refractivity contribution in [3.63, 3.8) is 0 Å². The summed E-state index contributed by atoms with van der Waals surface area (Å²) in [7, 11) is 0. The first-order valence-electron chi connectivity index (χ1n) is 22.0. The van der Waals surface area contributed by atoms with Gasteiger partial charge in [-0.25, -0.2) is 0 Å². The van der Waals surface area contributed by atoms with Gasteiger partial charge in [0.05, 0.1) is 18.8 Å². The SMILES string of the molecule is CC/C=C\C/C=C\C/C=C\C/C=C\C/C=C\C/C=C\C/C=C\C/C=C\C/C=C\C/C=C\C/C=C\C/C=C\CCCCC(=O)NC(CO)C(O)CCCCCCC. The van der Waals surface area contributed by atoms with Gasteiger partial charge >= 0.3 is 0 Å². The number of carbonyl (C=O) groups excluding carboxylic acids is 1. The van der Waals surface area contributed by atoms with E-state index < -0.39 is 12.1 Å². The molecule has 2 unspecified atom stereocenters. The van der Waals surface area contributed by atoms with Crippen molar-refractivity contribution in [1.29, 1.82) is 0 Å². The molecule has 0 aromatic heterocycles. The van der Waals surface area contributed by atoms with Gasteiger partial charge in [0.1, 0.15) is 0 Å². The van der Waals surface area contributed by atoms with Crippen molar-refractivity contribution in [3.8, 4) is 0 Å². The van der Waals surface area contributed by atoms with Crippen LogP contribution in [0.15, 0.2) is 146 Å². The molecule has 3 N–H and O–H groups in total. The Morgan fingerprint density at radius 1 is 0.446 bits per heavy atom. The number of nitrogens with one attached hydrogen (secondary N) is 1. The van der Waals surface area contributed by atoms with Crippen LogP contribution in [0.3, 0.4) is 0 Å². The van der Waals surface area contributed by atoms with E-state index in [1.165, 1.54) is 19.3 Å². The number of allylic oxidation sites excluding steroid dienone is 24. The molecular weight excluding hydrogens is 687 g/mol. The molecular formula is C52H81NO3. The average molecular weight is 768 g/mol. The zero-order valence-corrected chi connectivity index (χ0v) is 35.6. The van der Waals surface area contributed by atoms with Crippen molar-refractivity contribution in [2.24, 2.45) is 0 Å². The van der Waals surface area contributed by atoms with Gasteiger partial charge in [0.25, 0.3) is 0 Å². The lowest BCUT2D eigenvalue weighted by atomic mass is 10.0. The molecule has 56 heavy (non-hydrogen) atoms. The summed E-state index contributed by atoms with van der Waals surface area (Å²) in [6.07, 6.45) is 73.9. The summed E-state index contributed by atoms with van der Waals surface area (Å²) < 4.78 is 0. The van der Waals surface area contributed by atoms with Crippen molar-refractivity contribution in [1.82, 2.24) is 5.32 Å². The number of rotatable bonds is 37. The largest absolute Gasteiger partial charge is 0.394 e. The van der Waals surface area contributed by atoms with Crippen molar-refractivity contribution in [2.75, 3.05) is 6.61 Å². The van der Waals surface area contributed by atoms with Gasteiger partial charge < -0.3 is 15.5 Å². The number of unbranched alkanes of at least 4 members (excludes halogenated alkanes) is 6. The predicted octanol–water partition coefficient (Wildman–Crippen LogP) is 14.1. The molecule has 0 aromatic carbocycles. The third kappa shape index (κ3) is 41.4. The van der Waals surface area contributed by atoms with Crippen LogP contribution in [-0.2, 0) is 4.79 Å². The molecule has 0 rings (SSSR count). The Hall–Kier alpha value is -3.73. The van der Waals surface area contributed by atoms with E-state index in [4.69, 9.17) is 0 Å². The number of carbonyl (C=O) groups is 1. The van der Waals surface area contributed by atoms with Crippen LogP contribution >= 0.6 is 0 Å².